The molecule has 3 aromatic heterocycles. The van der Waals surface area contributed by atoms with Crippen LogP contribution in [-0.2, 0) is 11.3 Å². The van der Waals surface area contributed by atoms with Gasteiger partial charge in [-0.1, -0.05) is 25.7 Å². The minimum Gasteiger partial charge on any atom is -0.342 e. The molecule has 4 heterocycles. The highest BCUT2D eigenvalue weighted by Gasteiger charge is 2.62. The number of carbonyl (C=O) groups is 2. The molecule has 5 rings (SSSR count). The molecule has 1 aliphatic carbocycles. The summed E-state index contributed by atoms with van der Waals surface area (Å²) in [6, 6.07) is 2.04. The highest BCUT2D eigenvalue weighted by Crippen LogP contribution is 2.59. The number of carbonyl (C=O) groups excluding carboxylic acids is 2. The third-order valence-electron chi connectivity index (χ3n) is 7.42. The number of hydrogen-bond acceptors (Lipinski definition) is 7. The number of fused-ring (bicyclic) bond motifs is 2. The molecule has 2 fully saturated rings. The maximum atomic E-state index is 13.7. The van der Waals surface area contributed by atoms with Crippen LogP contribution in [0.15, 0.2) is 54.6 Å². The van der Waals surface area contributed by atoms with Gasteiger partial charge in [-0.15, -0.1) is 0 Å². The van der Waals surface area contributed by atoms with E-state index in [4.69, 9.17) is 0 Å². The summed E-state index contributed by atoms with van der Waals surface area (Å²) in [6.45, 7) is 11.3. The van der Waals surface area contributed by atoms with Gasteiger partial charge in [-0.3, -0.25) is 24.2 Å². The zero-order valence-corrected chi connectivity index (χ0v) is 21.7. The number of aliphatic imine (C=N–C) groups is 1. The largest absolute Gasteiger partial charge is 0.342 e. The predicted octanol–water partition coefficient (Wildman–Crippen LogP) is 3.29. The fourth-order valence-electron chi connectivity index (χ4n) is 5.54. The number of nitrogens with zero attached hydrogens (tertiary/aromatic N) is 7. The lowest BCUT2D eigenvalue weighted by Gasteiger charge is -2.27. The molecule has 1 aliphatic heterocycles. The molecule has 3 atom stereocenters. The number of aryl methyl sites for hydroxylation is 1. The lowest BCUT2D eigenvalue weighted by atomic mass is 9.62. The van der Waals surface area contributed by atoms with Gasteiger partial charge in [0.15, 0.2) is 5.78 Å². The van der Waals surface area contributed by atoms with E-state index >= 15 is 0 Å². The van der Waals surface area contributed by atoms with Crippen molar-refractivity contribution in [1.82, 2.24) is 29.6 Å². The van der Waals surface area contributed by atoms with Gasteiger partial charge < -0.3 is 4.90 Å². The van der Waals surface area contributed by atoms with Crippen LogP contribution in [0.3, 0.4) is 0 Å². The molecule has 0 N–H and O–H groups in total. The number of rotatable bonds is 8. The van der Waals surface area contributed by atoms with Crippen molar-refractivity contribution >= 4 is 35.5 Å². The summed E-state index contributed by atoms with van der Waals surface area (Å²) in [7, 11) is 0.677. The van der Waals surface area contributed by atoms with Crippen LogP contribution in [-0.4, -0.2) is 66.2 Å². The Bertz CT molecular complexity index is 1460. The van der Waals surface area contributed by atoms with Crippen molar-refractivity contribution in [3.8, 4) is 11.3 Å². The normalized spacial score (nSPS) is 22.9. The number of likely N-dealkylation sites (tertiary alicyclic amines) is 1. The number of pyridine rings is 1. The fraction of sp³-hybridized carbons (Fsp3) is 0.370. The Hall–Kier alpha value is -3.95. The summed E-state index contributed by atoms with van der Waals surface area (Å²) in [5.41, 5.74) is 3.42. The summed E-state index contributed by atoms with van der Waals surface area (Å²) in [6.07, 6.45) is 12.5. The van der Waals surface area contributed by atoms with E-state index in [2.05, 4.69) is 38.5 Å². The second-order valence-corrected chi connectivity index (χ2v) is 10.2. The first-order valence-electron chi connectivity index (χ1n) is 12.5. The Kier molecular flexibility index (Phi) is 6.35. The molecule has 1 saturated carbocycles. The van der Waals surface area contributed by atoms with Gasteiger partial charge in [-0.25, -0.2) is 9.97 Å². The van der Waals surface area contributed by atoms with Crippen LogP contribution < -0.4 is 0 Å². The predicted molar refractivity (Wildman–Crippen MR) is 145 cm³/mol. The van der Waals surface area contributed by atoms with Crippen molar-refractivity contribution in [2.75, 3.05) is 0 Å². The van der Waals surface area contributed by atoms with Gasteiger partial charge in [0, 0.05) is 54.1 Å². The average Bonchev–Trinajstić information content (AvgIpc) is 3.23. The van der Waals surface area contributed by atoms with E-state index in [1.165, 1.54) is 6.92 Å². The van der Waals surface area contributed by atoms with Crippen LogP contribution in [0.25, 0.3) is 22.2 Å². The zero-order chi connectivity index (χ0) is 26.3. The van der Waals surface area contributed by atoms with E-state index in [1.807, 2.05) is 37.0 Å². The molecule has 0 aromatic carbocycles. The van der Waals surface area contributed by atoms with Crippen molar-refractivity contribution in [3.05, 3.63) is 61.1 Å². The molecule has 9 nitrogen and oxygen atoms in total. The molecule has 1 amide bonds. The third-order valence-corrected chi connectivity index (χ3v) is 7.42. The van der Waals surface area contributed by atoms with Crippen LogP contribution in [0.4, 0.5) is 0 Å². The van der Waals surface area contributed by atoms with Crippen LogP contribution >= 0.6 is 0 Å². The zero-order valence-electron chi connectivity index (χ0n) is 21.7. The van der Waals surface area contributed by atoms with Crippen molar-refractivity contribution < 1.29 is 9.59 Å². The van der Waals surface area contributed by atoms with Crippen molar-refractivity contribution in [1.29, 1.82) is 0 Å². The minimum atomic E-state index is -0.168. The molecule has 0 spiro atoms. The molecule has 2 aliphatic rings. The lowest BCUT2D eigenvalue weighted by molar-refractivity contribution is -0.132. The maximum Gasteiger partial charge on any atom is 0.244 e. The Balaban J connectivity index is 1.45. The molecular formula is C27H30BN7O2. The summed E-state index contributed by atoms with van der Waals surface area (Å²) in [5, 5.41) is 5.21. The first-order chi connectivity index (χ1) is 17.7. The van der Waals surface area contributed by atoms with Crippen molar-refractivity contribution in [3.63, 3.8) is 0 Å². The standard InChI is InChI=1S/C27H30BN7O2/c1-6-8-23(29-7-2)28-24-11-27(5)10-22(27)35(24)25(37)15-34-21-14-32-20(18-12-30-17(4)31-13-18)9-19(21)26(33-34)16(3)36/h6-9,12-14,22,24,28H,2,10-11,15H2,1,3-5H3/b8-6-,29-23+. The van der Waals surface area contributed by atoms with Gasteiger partial charge >= 0.3 is 0 Å². The minimum absolute atomic E-state index is 0.00910. The highest BCUT2D eigenvalue weighted by molar-refractivity contribution is 6.79. The number of ketones is 1. The first-order valence-corrected chi connectivity index (χ1v) is 12.5. The van der Waals surface area contributed by atoms with Crippen LogP contribution in [0.2, 0.25) is 0 Å². The van der Waals surface area contributed by atoms with Crippen LogP contribution in [0, 0.1) is 12.3 Å². The van der Waals surface area contributed by atoms with Gasteiger partial charge in [-0.2, -0.15) is 5.10 Å². The molecule has 37 heavy (non-hydrogen) atoms. The van der Waals surface area contributed by atoms with Crippen LogP contribution in [0.5, 0.6) is 0 Å². The smallest absolute Gasteiger partial charge is 0.244 e. The second kappa shape index (κ2) is 9.50. The maximum absolute atomic E-state index is 13.7. The molecule has 10 heteroatoms. The SMILES string of the molecule is C=C/N=C(BC1CC2(C)CC2N1C(=O)Cn1nc(C(C)=O)c2cc(-c3cnc(C)nc3)ncc21)\C=C/C. The van der Waals surface area contributed by atoms with Gasteiger partial charge in [-0.05, 0) is 38.2 Å². The molecular weight excluding hydrogens is 465 g/mol. The van der Waals surface area contributed by atoms with Crippen LogP contribution in [0.1, 0.15) is 49.9 Å². The summed E-state index contributed by atoms with van der Waals surface area (Å²) in [5.74, 6) is 0.553. The number of piperidine rings is 1. The number of aromatic nitrogens is 5. The topological polar surface area (TPSA) is 106 Å². The number of amides is 1. The van der Waals surface area contributed by atoms with E-state index in [9.17, 15) is 9.59 Å². The fourth-order valence-corrected chi connectivity index (χ4v) is 5.54. The highest BCUT2D eigenvalue weighted by atomic mass is 16.2. The monoisotopic (exact) mass is 495 g/mol. The van der Waals surface area contributed by atoms with E-state index in [0.717, 1.165) is 24.0 Å². The number of hydrogen-bond donors (Lipinski definition) is 0. The summed E-state index contributed by atoms with van der Waals surface area (Å²) >= 11 is 0. The summed E-state index contributed by atoms with van der Waals surface area (Å²) in [4.78, 5) is 45.6. The van der Waals surface area contributed by atoms with Gasteiger partial charge in [0.25, 0.3) is 0 Å². The molecule has 1 saturated heterocycles. The average molecular weight is 495 g/mol. The first kappa shape index (κ1) is 24.7. The van der Waals surface area contributed by atoms with Gasteiger partial charge in [0.2, 0.25) is 13.2 Å². The van der Waals surface area contributed by atoms with Crippen molar-refractivity contribution in [2.45, 2.75) is 59.1 Å². The molecule has 3 unspecified atom stereocenters. The van der Waals surface area contributed by atoms with E-state index < -0.39 is 0 Å². The molecule has 3 aromatic rings. The Morgan fingerprint density at radius 3 is 2.68 bits per heavy atom. The molecule has 0 radical (unpaired) electrons. The van der Waals surface area contributed by atoms with Gasteiger partial charge in [0.1, 0.15) is 18.1 Å². The number of Topliss-reactive ketones (excluding diaryl/α,β-unsaturated/α-hetero) is 1. The Morgan fingerprint density at radius 2 is 2.00 bits per heavy atom. The van der Waals surface area contributed by atoms with Crippen molar-refractivity contribution in [2.24, 2.45) is 10.4 Å². The van der Waals surface area contributed by atoms with Gasteiger partial charge in [0.05, 0.1) is 17.4 Å². The summed E-state index contributed by atoms with van der Waals surface area (Å²) < 4.78 is 1.61. The number of allylic oxidation sites excluding steroid dienone is 2. The Labute approximate surface area is 216 Å². The van der Waals surface area contributed by atoms with E-state index in [0.29, 0.717) is 35.4 Å². The molecule has 0 bridgehead atoms. The quantitative estimate of drug-likeness (QED) is 0.270. The lowest BCUT2D eigenvalue weighted by Crippen LogP contribution is -2.45. The second-order valence-electron chi connectivity index (χ2n) is 10.2. The third kappa shape index (κ3) is 4.63. The van der Waals surface area contributed by atoms with E-state index in [-0.39, 0.29) is 35.6 Å². The molecule has 188 valence electrons. The van der Waals surface area contributed by atoms with E-state index in [1.54, 1.807) is 29.5 Å². The Morgan fingerprint density at radius 1 is 1.24 bits per heavy atom.